The van der Waals surface area contributed by atoms with Gasteiger partial charge in [-0.1, -0.05) is 0 Å². The van der Waals surface area contributed by atoms with Crippen molar-refractivity contribution in [1.82, 2.24) is 29.7 Å². The number of nitrogens with zero attached hydrogens (tertiary/aromatic N) is 6. The fourth-order valence-corrected chi connectivity index (χ4v) is 2.39. The summed E-state index contributed by atoms with van der Waals surface area (Å²) >= 11 is 0. The average molecular weight is 329 g/mol. The number of anilines is 2. The summed E-state index contributed by atoms with van der Waals surface area (Å²) < 4.78 is 7.16. The summed E-state index contributed by atoms with van der Waals surface area (Å²) in [7, 11) is 0. The van der Waals surface area contributed by atoms with Crippen molar-refractivity contribution >= 4 is 22.7 Å². The number of aromatic nitrogens is 6. The highest BCUT2D eigenvalue weighted by Gasteiger charge is 2.17. The normalized spacial score (nSPS) is 11.1. The van der Waals surface area contributed by atoms with Gasteiger partial charge in [0, 0.05) is 12.8 Å². The Morgan fingerprint density at radius 2 is 2.21 bits per heavy atom. The molecule has 3 rings (SSSR count). The summed E-state index contributed by atoms with van der Waals surface area (Å²) in [4.78, 5) is 17.0. The van der Waals surface area contributed by atoms with E-state index in [0.29, 0.717) is 53.9 Å². The molecular weight excluding hydrogens is 310 g/mol. The number of rotatable bonds is 7. The van der Waals surface area contributed by atoms with Crippen molar-refractivity contribution in [3.05, 3.63) is 30.1 Å². The fourth-order valence-electron chi connectivity index (χ4n) is 2.39. The van der Waals surface area contributed by atoms with E-state index in [2.05, 4.69) is 30.4 Å². The molecule has 0 spiro atoms. The zero-order valence-electron chi connectivity index (χ0n) is 13.6. The van der Waals surface area contributed by atoms with E-state index in [1.165, 1.54) is 6.33 Å². The highest BCUT2D eigenvalue weighted by Crippen LogP contribution is 2.25. The third kappa shape index (κ3) is 3.31. The molecular formula is C15H19N7O2. The monoisotopic (exact) mass is 329 g/mol. The molecule has 126 valence electrons. The van der Waals surface area contributed by atoms with E-state index >= 15 is 0 Å². The molecule has 3 heterocycles. The van der Waals surface area contributed by atoms with Crippen LogP contribution in [0.1, 0.15) is 18.4 Å². The Hall–Kier alpha value is -2.65. The third-order valence-corrected chi connectivity index (χ3v) is 3.40. The number of aryl methyl sites for hydroxylation is 1. The lowest BCUT2D eigenvalue weighted by molar-refractivity contribution is 0.137. The smallest absolute Gasteiger partial charge is 0.161 e. The van der Waals surface area contributed by atoms with Crippen molar-refractivity contribution in [2.45, 2.75) is 27.0 Å². The molecule has 3 aromatic rings. The van der Waals surface area contributed by atoms with Crippen LogP contribution in [0, 0.1) is 6.92 Å². The van der Waals surface area contributed by atoms with Gasteiger partial charge in [-0.15, -0.1) is 0 Å². The molecule has 0 fully saturated rings. The molecule has 0 saturated carbocycles. The number of nitrogens with one attached hydrogen (secondary N) is 1. The van der Waals surface area contributed by atoms with Crippen LogP contribution in [0.3, 0.4) is 0 Å². The Balaban J connectivity index is 2.07. The maximum Gasteiger partial charge on any atom is 0.161 e. The second-order valence-corrected chi connectivity index (χ2v) is 5.06. The van der Waals surface area contributed by atoms with Gasteiger partial charge in [-0.05, 0) is 19.9 Å². The Bertz CT molecular complexity index is 820. The number of hydrogen-bond donors (Lipinski definition) is 2. The molecule has 0 saturated heterocycles. The largest absolute Gasteiger partial charge is 0.390 e. The molecule has 0 bridgehead atoms. The van der Waals surface area contributed by atoms with Gasteiger partial charge in [-0.2, -0.15) is 5.10 Å². The number of aliphatic hydroxyl groups excluding tert-OH is 1. The first-order valence-corrected chi connectivity index (χ1v) is 7.68. The van der Waals surface area contributed by atoms with Crippen molar-refractivity contribution in [3.8, 4) is 0 Å². The van der Waals surface area contributed by atoms with Crippen LogP contribution >= 0.6 is 0 Å². The molecule has 0 aliphatic rings. The second kappa shape index (κ2) is 7.28. The van der Waals surface area contributed by atoms with E-state index in [-0.39, 0.29) is 6.61 Å². The van der Waals surface area contributed by atoms with Gasteiger partial charge >= 0.3 is 0 Å². The minimum absolute atomic E-state index is 0.193. The highest BCUT2D eigenvalue weighted by molar-refractivity contribution is 5.89. The van der Waals surface area contributed by atoms with Crippen LogP contribution in [0.4, 0.5) is 11.6 Å². The summed E-state index contributed by atoms with van der Waals surface area (Å²) in [5.41, 5.74) is 1.85. The van der Waals surface area contributed by atoms with Gasteiger partial charge in [0.2, 0.25) is 0 Å². The van der Waals surface area contributed by atoms with Crippen molar-refractivity contribution in [2.75, 3.05) is 18.5 Å². The number of hydrogen-bond acceptors (Lipinski definition) is 8. The molecule has 0 atom stereocenters. The lowest BCUT2D eigenvalue weighted by Gasteiger charge is -2.09. The Kier molecular flexibility index (Phi) is 4.92. The minimum atomic E-state index is -0.193. The molecule has 9 nitrogen and oxygen atoms in total. The van der Waals surface area contributed by atoms with Crippen LogP contribution < -0.4 is 5.32 Å². The predicted octanol–water partition coefficient (Wildman–Crippen LogP) is 1.20. The summed E-state index contributed by atoms with van der Waals surface area (Å²) in [6.45, 7) is 5.22. The lowest BCUT2D eigenvalue weighted by atomic mass is 10.3. The van der Waals surface area contributed by atoms with Gasteiger partial charge in [-0.3, -0.25) is 4.68 Å². The first kappa shape index (κ1) is 16.2. The van der Waals surface area contributed by atoms with E-state index < -0.39 is 0 Å². The van der Waals surface area contributed by atoms with Gasteiger partial charge in [-0.25, -0.2) is 19.9 Å². The van der Waals surface area contributed by atoms with Crippen LogP contribution in [-0.4, -0.2) is 48.0 Å². The average Bonchev–Trinajstić information content (AvgIpc) is 2.94. The fraction of sp³-hybridized carbons (Fsp3) is 0.400. The molecule has 3 aromatic heterocycles. The minimum Gasteiger partial charge on any atom is -0.390 e. The Labute approximate surface area is 138 Å². The van der Waals surface area contributed by atoms with Crippen molar-refractivity contribution < 1.29 is 9.84 Å². The second-order valence-electron chi connectivity index (χ2n) is 5.06. The molecule has 0 unspecified atom stereocenters. The van der Waals surface area contributed by atoms with Gasteiger partial charge in [0.05, 0.1) is 19.8 Å². The van der Waals surface area contributed by atoms with E-state index in [9.17, 15) is 5.11 Å². The molecule has 0 aliphatic carbocycles. The molecule has 0 aliphatic heterocycles. The van der Waals surface area contributed by atoms with Crippen LogP contribution in [0.2, 0.25) is 0 Å². The maximum absolute atomic E-state index is 9.58. The van der Waals surface area contributed by atoms with Crippen molar-refractivity contribution in [3.63, 3.8) is 0 Å². The number of fused-ring (bicyclic) bond motifs is 1. The quantitative estimate of drug-likeness (QED) is 0.622. The van der Waals surface area contributed by atoms with Gasteiger partial charge < -0.3 is 15.2 Å². The van der Waals surface area contributed by atoms with Gasteiger partial charge in [0.15, 0.2) is 5.82 Å². The number of ether oxygens (including phenoxy) is 1. The zero-order valence-corrected chi connectivity index (χ0v) is 13.6. The predicted molar refractivity (Wildman–Crippen MR) is 87.8 cm³/mol. The molecule has 0 amide bonds. The molecule has 2 N–H and O–H groups in total. The highest BCUT2D eigenvalue weighted by atomic mass is 16.5. The van der Waals surface area contributed by atoms with Crippen molar-refractivity contribution in [1.29, 1.82) is 0 Å². The molecule has 9 heteroatoms. The van der Waals surface area contributed by atoms with Gasteiger partial charge in [0.1, 0.15) is 34.7 Å². The van der Waals surface area contributed by atoms with Crippen LogP contribution in [0.15, 0.2) is 18.6 Å². The van der Waals surface area contributed by atoms with E-state index in [4.69, 9.17) is 4.74 Å². The lowest BCUT2D eigenvalue weighted by Crippen LogP contribution is -2.09. The Morgan fingerprint density at radius 3 is 2.92 bits per heavy atom. The van der Waals surface area contributed by atoms with Crippen LogP contribution in [0.5, 0.6) is 0 Å². The van der Waals surface area contributed by atoms with Crippen LogP contribution in [-0.2, 0) is 17.9 Å². The van der Waals surface area contributed by atoms with Gasteiger partial charge in [0.25, 0.3) is 0 Å². The van der Waals surface area contributed by atoms with E-state index in [1.807, 2.05) is 6.92 Å². The summed E-state index contributed by atoms with van der Waals surface area (Å²) in [6.07, 6.45) is 3.10. The van der Waals surface area contributed by atoms with E-state index in [1.54, 1.807) is 23.9 Å². The molecule has 24 heavy (non-hydrogen) atoms. The first-order chi connectivity index (χ1) is 11.7. The third-order valence-electron chi connectivity index (χ3n) is 3.40. The standard InChI is InChI=1S/C15H19N7O2/c1-3-24-7-6-22-14-13(11(8-23)21-22)18-10(2)19-15(14)20-12-4-5-16-9-17-12/h4-5,9,23H,3,6-8H2,1-2H3,(H,16,17,18,19,20). The molecule has 0 radical (unpaired) electrons. The topological polar surface area (TPSA) is 111 Å². The summed E-state index contributed by atoms with van der Waals surface area (Å²) in [6, 6.07) is 1.75. The summed E-state index contributed by atoms with van der Waals surface area (Å²) in [5, 5.41) is 17.2. The van der Waals surface area contributed by atoms with E-state index in [0.717, 1.165) is 0 Å². The summed E-state index contributed by atoms with van der Waals surface area (Å²) in [5.74, 6) is 1.78. The first-order valence-electron chi connectivity index (χ1n) is 7.68. The zero-order chi connectivity index (χ0) is 16.9. The Morgan fingerprint density at radius 1 is 1.33 bits per heavy atom. The molecule has 0 aromatic carbocycles. The number of aliphatic hydroxyl groups is 1. The van der Waals surface area contributed by atoms with Crippen LogP contribution in [0.25, 0.3) is 11.0 Å². The maximum atomic E-state index is 9.58. The SMILES string of the molecule is CCOCCn1nc(CO)c2nc(C)nc(Nc3ccncn3)c21. The van der Waals surface area contributed by atoms with Crippen molar-refractivity contribution in [2.24, 2.45) is 0 Å².